The minimum absolute atomic E-state index is 0.0476. The minimum Gasteiger partial charge on any atom is -0.508 e. The first-order valence-corrected chi connectivity index (χ1v) is 23.3. The van der Waals surface area contributed by atoms with Crippen molar-refractivity contribution in [2.45, 2.75) is 190 Å². The summed E-state index contributed by atoms with van der Waals surface area (Å²) in [7, 11) is 0. The fourth-order valence-electron chi connectivity index (χ4n) is 10.1. The molecule has 64 heavy (non-hydrogen) atoms. The average molecular weight is 884 g/mol. The molecular formula is C53H77N3O8. The standard InChI is InChI=1S/C53H77N3O8/c1-25(2)54(26(3)4)22-43-48(59)37-18-39(50(43)61)33(15)41-20-42(53(64)45(52(41)63)24-56(29(9)10)30(11)12)34(16)40-19-38(32(14)36-17-35(31(37)13)46(57)21-47(36)58)49(60)44(51(40)62)23-55(27(5)6)28(7)8/h17-21,25-34,57-64H,22-24H2,1-16H3/t31-,32+,33+,34-. The van der Waals surface area contributed by atoms with Crippen LogP contribution >= 0.6 is 0 Å². The van der Waals surface area contributed by atoms with Gasteiger partial charge in [0, 0.05) is 130 Å². The van der Waals surface area contributed by atoms with Crippen molar-refractivity contribution < 1.29 is 40.9 Å². The predicted molar refractivity (Wildman–Crippen MR) is 257 cm³/mol. The number of hydrogen-bond donors (Lipinski definition) is 8. The first kappa shape index (κ1) is 50.2. The van der Waals surface area contributed by atoms with Gasteiger partial charge in [0.25, 0.3) is 0 Å². The van der Waals surface area contributed by atoms with Gasteiger partial charge in [0.1, 0.15) is 46.0 Å². The summed E-state index contributed by atoms with van der Waals surface area (Å²) in [6.07, 6.45) is 0. The van der Waals surface area contributed by atoms with Gasteiger partial charge in [-0.15, -0.1) is 0 Å². The molecule has 352 valence electrons. The van der Waals surface area contributed by atoms with E-state index in [-0.39, 0.29) is 102 Å². The highest BCUT2D eigenvalue weighted by Crippen LogP contribution is 2.53. The summed E-state index contributed by atoms with van der Waals surface area (Å²) in [5.41, 5.74) is 4.26. The number of nitrogens with zero attached hydrogens (tertiary/aromatic N) is 3. The molecule has 0 heterocycles. The molecule has 11 nitrogen and oxygen atoms in total. The van der Waals surface area contributed by atoms with Crippen LogP contribution in [0.3, 0.4) is 0 Å². The van der Waals surface area contributed by atoms with Gasteiger partial charge in [0.15, 0.2) is 0 Å². The molecule has 0 aromatic heterocycles. The van der Waals surface area contributed by atoms with E-state index in [9.17, 15) is 40.9 Å². The Hall–Kier alpha value is -4.84. The number of phenolic OH excluding ortho intramolecular Hbond substituents is 8. The van der Waals surface area contributed by atoms with Crippen LogP contribution < -0.4 is 0 Å². The molecule has 4 aromatic rings. The molecule has 4 atom stereocenters. The molecule has 0 spiro atoms. The van der Waals surface area contributed by atoms with Crippen molar-refractivity contribution in [2.24, 2.45) is 0 Å². The summed E-state index contributed by atoms with van der Waals surface area (Å²) in [5, 5.41) is 97.5. The van der Waals surface area contributed by atoms with E-state index >= 15 is 0 Å². The molecule has 8 bridgehead atoms. The van der Waals surface area contributed by atoms with Crippen LogP contribution in [-0.2, 0) is 19.6 Å². The molecule has 8 N–H and O–H groups in total. The van der Waals surface area contributed by atoms with Gasteiger partial charge in [-0.3, -0.25) is 14.7 Å². The van der Waals surface area contributed by atoms with E-state index in [1.807, 2.05) is 27.7 Å². The lowest BCUT2D eigenvalue weighted by Gasteiger charge is -2.34. The molecule has 11 heteroatoms. The fourth-order valence-corrected chi connectivity index (χ4v) is 10.1. The zero-order chi connectivity index (χ0) is 48.1. The maximum atomic E-state index is 12.5. The SMILES string of the molecule is CC(C)N(Cc1c(O)c2cc(c1O)[C@H](C)c1cc(c(O)c(CN(C(C)C)C(C)C)c1O)[C@@H](C)c1cc(c(O)cc1O)[C@@H](C)c1cc(c(O)c(CN(C(C)C)C(C)C)c1O)[C@@H]2C)C(C)C. The summed E-state index contributed by atoms with van der Waals surface area (Å²) in [5.74, 6) is -3.96. The van der Waals surface area contributed by atoms with Crippen molar-refractivity contribution >= 4 is 0 Å². The molecule has 0 radical (unpaired) electrons. The van der Waals surface area contributed by atoms with Crippen molar-refractivity contribution in [3.63, 3.8) is 0 Å². The largest absolute Gasteiger partial charge is 0.508 e. The number of fused-ring (bicyclic) bond motifs is 8. The molecular weight excluding hydrogens is 807 g/mol. The summed E-state index contributed by atoms with van der Waals surface area (Å²) in [6.45, 7) is 32.7. The fraction of sp³-hybridized carbons (Fsp3) is 0.547. The highest BCUT2D eigenvalue weighted by Gasteiger charge is 2.35. The molecule has 0 fully saturated rings. The predicted octanol–water partition coefficient (Wildman–Crippen LogP) is 11.1. The van der Waals surface area contributed by atoms with E-state index in [1.54, 1.807) is 24.3 Å². The van der Waals surface area contributed by atoms with Crippen molar-refractivity contribution in [3.05, 3.63) is 91.5 Å². The average Bonchev–Trinajstić information content (AvgIpc) is 3.19. The second-order valence-corrected chi connectivity index (χ2v) is 20.1. The Bertz CT molecular complexity index is 2170. The van der Waals surface area contributed by atoms with Crippen LogP contribution in [0.5, 0.6) is 46.0 Å². The van der Waals surface area contributed by atoms with E-state index in [4.69, 9.17) is 0 Å². The van der Waals surface area contributed by atoms with E-state index in [1.165, 1.54) is 6.07 Å². The Labute approximate surface area is 382 Å². The zero-order valence-corrected chi connectivity index (χ0v) is 41.2. The first-order valence-electron chi connectivity index (χ1n) is 23.3. The third-order valence-electron chi connectivity index (χ3n) is 14.2. The van der Waals surface area contributed by atoms with Gasteiger partial charge in [0.05, 0.1) is 16.7 Å². The molecule has 0 saturated carbocycles. The van der Waals surface area contributed by atoms with Gasteiger partial charge < -0.3 is 40.9 Å². The molecule has 0 unspecified atom stereocenters. The van der Waals surface area contributed by atoms with Crippen LogP contribution in [0.2, 0.25) is 0 Å². The number of aromatic hydroxyl groups is 8. The quantitative estimate of drug-likeness (QED) is 0.0681. The third kappa shape index (κ3) is 9.31. The van der Waals surface area contributed by atoms with E-state index in [0.29, 0.717) is 61.2 Å². The van der Waals surface area contributed by atoms with Crippen LogP contribution in [-0.4, -0.2) is 91.8 Å². The van der Waals surface area contributed by atoms with Gasteiger partial charge >= 0.3 is 0 Å². The van der Waals surface area contributed by atoms with E-state index < -0.39 is 23.7 Å². The molecule has 4 aromatic carbocycles. The lowest BCUT2D eigenvalue weighted by Crippen LogP contribution is -2.36. The lowest BCUT2D eigenvalue weighted by molar-refractivity contribution is 0.162. The number of benzene rings is 4. The Balaban J connectivity index is 2.00. The highest BCUT2D eigenvalue weighted by molar-refractivity contribution is 5.66. The zero-order valence-electron chi connectivity index (χ0n) is 41.2. The van der Waals surface area contributed by atoms with Crippen LogP contribution in [0.4, 0.5) is 0 Å². The van der Waals surface area contributed by atoms with Gasteiger partial charge in [-0.1, -0.05) is 27.7 Å². The van der Waals surface area contributed by atoms with Crippen LogP contribution in [0.25, 0.3) is 0 Å². The maximum Gasteiger partial charge on any atom is 0.127 e. The van der Waals surface area contributed by atoms with Crippen LogP contribution in [0.15, 0.2) is 30.3 Å². The first-order chi connectivity index (χ1) is 29.7. The van der Waals surface area contributed by atoms with Gasteiger partial charge in [-0.05, 0) is 107 Å². The third-order valence-corrected chi connectivity index (χ3v) is 14.2. The maximum absolute atomic E-state index is 12.5. The minimum atomic E-state index is -0.712. The Morgan fingerprint density at radius 3 is 0.672 bits per heavy atom. The van der Waals surface area contributed by atoms with E-state index in [0.717, 1.165) is 0 Å². The van der Waals surface area contributed by atoms with Crippen molar-refractivity contribution in [2.75, 3.05) is 0 Å². The lowest BCUT2D eigenvalue weighted by atomic mass is 9.78. The summed E-state index contributed by atoms with van der Waals surface area (Å²) >= 11 is 0. The van der Waals surface area contributed by atoms with Crippen molar-refractivity contribution in [1.29, 1.82) is 0 Å². The monoisotopic (exact) mass is 884 g/mol. The summed E-state index contributed by atoms with van der Waals surface area (Å²) in [6, 6.07) is 8.49. The van der Waals surface area contributed by atoms with Gasteiger partial charge in [0.2, 0.25) is 0 Å². The van der Waals surface area contributed by atoms with Crippen molar-refractivity contribution in [1.82, 2.24) is 14.7 Å². The highest BCUT2D eigenvalue weighted by atomic mass is 16.3. The molecule has 0 aliphatic heterocycles. The molecule has 0 saturated heterocycles. The number of rotatable bonds is 12. The van der Waals surface area contributed by atoms with Crippen LogP contribution in [0.1, 0.15) is 196 Å². The second-order valence-electron chi connectivity index (χ2n) is 20.1. The molecule has 1 aliphatic carbocycles. The molecule has 0 amide bonds. The smallest absolute Gasteiger partial charge is 0.127 e. The normalized spacial score (nSPS) is 18.1. The van der Waals surface area contributed by atoms with Gasteiger partial charge in [-0.25, -0.2) is 0 Å². The Morgan fingerprint density at radius 1 is 0.312 bits per heavy atom. The van der Waals surface area contributed by atoms with Gasteiger partial charge in [-0.2, -0.15) is 0 Å². The Kier molecular flexibility index (Phi) is 15.1. The number of phenols is 8. The summed E-state index contributed by atoms with van der Waals surface area (Å²) < 4.78 is 0. The molecule has 5 rings (SSSR count). The Morgan fingerprint density at radius 2 is 0.484 bits per heavy atom. The number of hydrogen-bond acceptors (Lipinski definition) is 11. The molecule has 1 aliphatic rings. The topological polar surface area (TPSA) is 172 Å². The van der Waals surface area contributed by atoms with Crippen LogP contribution in [0, 0.1) is 0 Å². The van der Waals surface area contributed by atoms with Crippen molar-refractivity contribution in [3.8, 4) is 46.0 Å². The summed E-state index contributed by atoms with van der Waals surface area (Å²) in [4.78, 5) is 6.49. The second kappa shape index (κ2) is 19.3. The van der Waals surface area contributed by atoms with E-state index in [2.05, 4.69) is 97.8 Å².